The van der Waals surface area contributed by atoms with E-state index < -0.39 is 17.8 Å². The van der Waals surface area contributed by atoms with Crippen LogP contribution in [0.2, 0.25) is 0 Å². The van der Waals surface area contributed by atoms with E-state index >= 15 is 0 Å². The Balaban J connectivity index is 1.81. The second-order valence-electron chi connectivity index (χ2n) is 6.37. The van der Waals surface area contributed by atoms with Gasteiger partial charge in [-0.25, -0.2) is 4.39 Å². The minimum Gasteiger partial charge on any atom is -0.341 e. The first-order valence-corrected chi connectivity index (χ1v) is 9.42. The van der Waals surface area contributed by atoms with Crippen molar-refractivity contribution < 1.29 is 14.0 Å². The molecule has 4 nitrogen and oxygen atoms in total. The van der Waals surface area contributed by atoms with Crippen LogP contribution in [0, 0.1) is 5.82 Å². The van der Waals surface area contributed by atoms with Crippen LogP contribution in [-0.4, -0.2) is 35.8 Å². The first kappa shape index (κ1) is 18.6. The molecule has 1 fully saturated rings. The standard InChI is InChI=1S/C20H20BrFN2O2/c21-17-9-8-15(22)13-16(17)19(25)23-18(12-14-6-2-1-3-7-14)20(26)24-10-4-5-11-24/h1-3,6-9,13,18H,4-5,10-12H2,(H,23,25). The van der Waals surface area contributed by atoms with Crippen molar-refractivity contribution in [3.05, 3.63) is 69.9 Å². The van der Waals surface area contributed by atoms with E-state index in [9.17, 15) is 14.0 Å². The van der Waals surface area contributed by atoms with Crippen LogP contribution in [0.15, 0.2) is 53.0 Å². The van der Waals surface area contributed by atoms with Crippen LogP contribution >= 0.6 is 15.9 Å². The summed E-state index contributed by atoms with van der Waals surface area (Å²) in [5, 5.41) is 2.80. The molecule has 2 aromatic carbocycles. The van der Waals surface area contributed by atoms with Crippen molar-refractivity contribution in [2.24, 2.45) is 0 Å². The first-order valence-electron chi connectivity index (χ1n) is 8.63. The second kappa shape index (κ2) is 8.45. The molecule has 6 heteroatoms. The number of hydrogen-bond acceptors (Lipinski definition) is 2. The highest BCUT2D eigenvalue weighted by Gasteiger charge is 2.28. The Bertz CT molecular complexity index is 792. The third-order valence-corrected chi connectivity index (χ3v) is 5.17. The van der Waals surface area contributed by atoms with Crippen LogP contribution in [0.25, 0.3) is 0 Å². The van der Waals surface area contributed by atoms with E-state index in [-0.39, 0.29) is 11.5 Å². The molecular weight excluding hydrogens is 399 g/mol. The number of amides is 2. The summed E-state index contributed by atoms with van der Waals surface area (Å²) in [7, 11) is 0. The number of rotatable bonds is 5. The van der Waals surface area contributed by atoms with E-state index in [0.717, 1.165) is 18.4 Å². The van der Waals surface area contributed by atoms with Gasteiger partial charge >= 0.3 is 0 Å². The van der Waals surface area contributed by atoms with Gasteiger partial charge in [0.2, 0.25) is 5.91 Å². The largest absolute Gasteiger partial charge is 0.341 e. The van der Waals surface area contributed by atoms with Gasteiger partial charge in [0, 0.05) is 24.0 Å². The number of nitrogens with zero attached hydrogens (tertiary/aromatic N) is 1. The van der Waals surface area contributed by atoms with Gasteiger partial charge in [-0.05, 0) is 52.5 Å². The lowest BCUT2D eigenvalue weighted by Gasteiger charge is -2.24. The fourth-order valence-corrected chi connectivity index (χ4v) is 3.54. The molecule has 1 unspecified atom stereocenters. The minimum atomic E-state index is -0.682. The quantitative estimate of drug-likeness (QED) is 0.806. The van der Waals surface area contributed by atoms with Crippen molar-refractivity contribution in [1.82, 2.24) is 10.2 Å². The van der Waals surface area contributed by atoms with E-state index in [1.807, 2.05) is 30.3 Å². The molecule has 1 atom stereocenters. The molecule has 0 bridgehead atoms. The molecule has 0 spiro atoms. The van der Waals surface area contributed by atoms with Gasteiger partial charge in [-0.15, -0.1) is 0 Å². The SMILES string of the molecule is O=C(NC(Cc1ccccc1)C(=O)N1CCCC1)c1cc(F)ccc1Br. The molecule has 1 aliphatic heterocycles. The average molecular weight is 419 g/mol. The van der Waals surface area contributed by atoms with Crippen LogP contribution in [0.3, 0.4) is 0 Å². The Labute approximate surface area is 160 Å². The Morgan fingerprint density at radius 3 is 2.50 bits per heavy atom. The van der Waals surface area contributed by atoms with E-state index in [0.29, 0.717) is 24.0 Å². The molecule has 2 amide bonds. The van der Waals surface area contributed by atoms with Crippen LogP contribution in [0.4, 0.5) is 4.39 Å². The molecule has 1 heterocycles. The average Bonchev–Trinajstić information content (AvgIpc) is 3.18. The molecule has 136 valence electrons. The molecule has 1 N–H and O–H groups in total. The van der Waals surface area contributed by atoms with Crippen LogP contribution in [0.5, 0.6) is 0 Å². The van der Waals surface area contributed by atoms with Gasteiger partial charge in [0.05, 0.1) is 5.56 Å². The summed E-state index contributed by atoms with van der Waals surface area (Å²) in [6, 6.07) is 12.8. The summed E-state index contributed by atoms with van der Waals surface area (Å²) in [5.41, 5.74) is 1.14. The molecule has 1 aliphatic rings. The Kier molecular flexibility index (Phi) is 6.04. The maximum atomic E-state index is 13.5. The van der Waals surface area contributed by atoms with E-state index in [2.05, 4.69) is 21.2 Å². The number of carbonyl (C=O) groups is 2. The number of halogens is 2. The van der Waals surface area contributed by atoms with E-state index in [1.54, 1.807) is 4.90 Å². The highest BCUT2D eigenvalue weighted by Crippen LogP contribution is 2.19. The maximum Gasteiger partial charge on any atom is 0.253 e. The monoisotopic (exact) mass is 418 g/mol. The molecule has 0 radical (unpaired) electrons. The summed E-state index contributed by atoms with van der Waals surface area (Å²) in [4.78, 5) is 27.3. The molecule has 3 rings (SSSR count). The van der Waals surface area contributed by atoms with Gasteiger partial charge in [-0.2, -0.15) is 0 Å². The fraction of sp³-hybridized carbons (Fsp3) is 0.300. The van der Waals surface area contributed by atoms with Crippen LogP contribution in [-0.2, 0) is 11.2 Å². The van der Waals surface area contributed by atoms with E-state index in [1.165, 1.54) is 18.2 Å². The molecule has 0 saturated carbocycles. The number of hydrogen-bond donors (Lipinski definition) is 1. The van der Waals surface area contributed by atoms with Crippen molar-refractivity contribution in [2.75, 3.05) is 13.1 Å². The van der Waals surface area contributed by atoms with E-state index in [4.69, 9.17) is 0 Å². The Morgan fingerprint density at radius 2 is 1.81 bits per heavy atom. The van der Waals surface area contributed by atoms with Crippen molar-refractivity contribution in [1.29, 1.82) is 0 Å². The zero-order valence-electron chi connectivity index (χ0n) is 14.3. The van der Waals surface area contributed by atoms with Crippen LogP contribution in [0.1, 0.15) is 28.8 Å². The van der Waals surface area contributed by atoms with Gasteiger partial charge in [0.1, 0.15) is 11.9 Å². The smallest absolute Gasteiger partial charge is 0.253 e. The lowest BCUT2D eigenvalue weighted by atomic mass is 10.0. The minimum absolute atomic E-state index is 0.0905. The summed E-state index contributed by atoms with van der Waals surface area (Å²) < 4.78 is 14.0. The van der Waals surface area contributed by atoms with Crippen molar-refractivity contribution in [3.8, 4) is 0 Å². The lowest BCUT2D eigenvalue weighted by Crippen LogP contribution is -2.49. The molecule has 0 aliphatic carbocycles. The number of likely N-dealkylation sites (tertiary alicyclic amines) is 1. The highest BCUT2D eigenvalue weighted by atomic mass is 79.9. The van der Waals surface area contributed by atoms with Gasteiger partial charge in [-0.3, -0.25) is 9.59 Å². The Morgan fingerprint density at radius 1 is 1.12 bits per heavy atom. The summed E-state index contributed by atoms with van der Waals surface area (Å²) in [6.07, 6.45) is 2.36. The number of nitrogens with one attached hydrogen (secondary N) is 1. The van der Waals surface area contributed by atoms with Gasteiger partial charge in [0.15, 0.2) is 0 Å². The predicted octanol–water partition coefficient (Wildman–Crippen LogP) is 3.55. The Hall–Kier alpha value is -2.21. The van der Waals surface area contributed by atoms with Crippen molar-refractivity contribution in [2.45, 2.75) is 25.3 Å². The third-order valence-electron chi connectivity index (χ3n) is 4.48. The topological polar surface area (TPSA) is 49.4 Å². The lowest BCUT2D eigenvalue weighted by molar-refractivity contribution is -0.132. The zero-order valence-corrected chi connectivity index (χ0v) is 15.8. The van der Waals surface area contributed by atoms with Crippen molar-refractivity contribution >= 4 is 27.7 Å². The van der Waals surface area contributed by atoms with Crippen LogP contribution < -0.4 is 5.32 Å². The molecule has 1 saturated heterocycles. The highest BCUT2D eigenvalue weighted by molar-refractivity contribution is 9.10. The van der Waals surface area contributed by atoms with Gasteiger partial charge in [-0.1, -0.05) is 30.3 Å². The fourth-order valence-electron chi connectivity index (χ4n) is 3.12. The molecule has 0 aromatic heterocycles. The summed E-state index contributed by atoms with van der Waals surface area (Å²) >= 11 is 3.27. The zero-order chi connectivity index (χ0) is 18.5. The second-order valence-corrected chi connectivity index (χ2v) is 7.23. The molecule has 26 heavy (non-hydrogen) atoms. The molecular formula is C20H20BrFN2O2. The summed E-state index contributed by atoms with van der Waals surface area (Å²) in [5.74, 6) is -1.05. The van der Waals surface area contributed by atoms with Crippen molar-refractivity contribution in [3.63, 3.8) is 0 Å². The predicted molar refractivity (Wildman–Crippen MR) is 101 cm³/mol. The van der Waals surface area contributed by atoms with Gasteiger partial charge in [0.25, 0.3) is 5.91 Å². The normalized spacial score (nSPS) is 14.9. The number of carbonyl (C=O) groups excluding carboxylic acids is 2. The number of benzene rings is 2. The molecule has 2 aromatic rings. The van der Waals surface area contributed by atoms with Gasteiger partial charge < -0.3 is 10.2 Å². The summed E-state index contributed by atoms with van der Waals surface area (Å²) in [6.45, 7) is 1.42. The third kappa shape index (κ3) is 4.49. The first-order chi connectivity index (χ1) is 12.5. The maximum absolute atomic E-state index is 13.5.